The van der Waals surface area contributed by atoms with E-state index in [9.17, 15) is 19.5 Å². The van der Waals surface area contributed by atoms with E-state index in [2.05, 4.69) is 15.8 Å². The molecule has 0 radical (unpaired) electrons. The first kappa shape index (κ1) is 15.6. The monoisotopic (exact) mass is 303 g/mol. The van der Waals surface area contributed by atoms with Gasteiger partial charge in [0.15, 0.2) is 0 Å². The van der Waals surface area contributed by atoms with Crippen molar-refractivity contribution in [1.82, 2.24) is 15.8 Å². The number of amides is 2. The second-order valence-corrected chi connectivity index (χ2v) is 5.88. The minimum atomic E-state index is -0.887. The first-order valence-electron chi connectivity index (χ1n) is 6.66. The molecule has 22 heavy (non-hydrogen) atoms. The molecule has 0 aliphatic rings. The minimum Gasteiger partial charge on any atom is -0.506 e. The third kappa shape index (κ3) is 2.93. The molecule has 0 unspecified atom stereocenters. The third-order valence-corrected chi connectivity index (χ3v) is 3.09. The zero-order valence-electron chi connectivity index (χ0n) is 12.5. The van der Waals surface area contributed by atoms with Crippen LogP contribution in [-0.2, 0) is 4.79 Å². The van der Waals surface area contributed by atoms with Gasteiger partial charge in [-0.25, -0.2) is 0 Å². The Hall–Kier alpha value is -2.83. The lowest BCUT2D eigenvalue weighted by Gasteiger charge is -2.18. The summed E-state index contributed by atoms with van der Waals surface area (Å²) in [5, 5.41) is 10.5. The van der Waals surface area contributed by atoms with Gasteiger partial charge in [-0.1, -0.05) is 32.9 Å². The molecule has 0 aliphatic carbocycles. The van der Waals surface area contributed by atoms with Gasteiger partial charge in [0, 0.05) is 10.8 Å². The van der Waals surface area contributed by atoms with Gasteiger partial charge in [-0.05, 0) is 12.1 Å². The molecule has 1 aromatic heterocycles. The summed E-state index contributed by atoms with van der Waals surface area (Å²) in [4.78, 5) is 38.2. The molecule has 0 aliphatic heterocycles. The SMILES string of the molecule is CC(C)(C)C(=O)NNC(=O)c1c(O)c2ccccc2[nH]c1=O. The fourth-order valence-corrected chi connectivity index (χ4v) is 1.80. The van der Waals surface area contributed by atoms with Crippen molar-refractivity contribution in [1.29, 1.82) is 0 Å². The van der Waals surface area contributed by atoms with Crippen LogP contribution < -0.4 is 16.4 Å². The van der Waals surface area contributed by atoms with Crippen LogP contribution in [0.1, 0.15) is 31.1 Å². The number of rotatable bonds is 1. The number of nitrogens with one attached hydrogen (secondary N) is 3. The Balaban J connectivity index is 2.33. The minimum absolute atomic E-state index is 0.342. The lowest BCUT2D eigenvalue weighted by atomic mass is 9.96. The van der Waals surface area contributed by atoms with Crippen LogP contribution in [0, 0.1) is 5.41 Å². The van der Waals surface area contributed by atoms with E-state index in [-0.39, 0.29) is 0 Å². The van der Waals surface area contributed by atoms with Gasteiger partial charge in [0.25, 0.3) is 11.5 Å². The number of benzene rings is 1. The molecule has 0 fully saturated rings. The second-order valence-electron chi connectivity index (χ2n) is 5.88. The molecule has 2 rings (SSSR count). The molecule has 0 bridgehead atoms. The van der Waals surface area contributed by atoms with E-state index >= 15 is 0 Å². The topological polar surface area (TPSA) is 111 Å². The van der Waals surface area contributed by atoms with Crippen LogP contribution in [0.25, 0.3) is 10.9 Å². The van der Waals surface area contributed by atoms with E-state index < -0.39 is 34.1 Å². The Bertz CT molecular complexity index is 803. The van der Waals surface area contributed by atoms with Gasteiger partial charge in [0.2, 0.25) is 5.91 Å². The number of carbonyl (C=O) groups is 2. The second kappa shape index (κ2) is 5.51. The predicted molar refractivity (Wildman–Crippen MR) is 81.3 cm³/mol. The number of H-pyrrole nitrogens is 1. The molecule has 0 spiro atoms. The maximum Gasteiger partial charge on any atom is 0.279 e. The molecule has 1 heterocycles. The number of aromatic nitrogens is 1. The summed E-state index contributed by atoms with van der Waals surface area (Å²) in [6.45, 7) is 5.03. The zero-order chi connectivity index (χ0) is 16.5. The van der Waals surface area contributed by atoms with Crippen LogP contribution in [0.5, 0.6) is 5.75 Å². The van der Waals surface area contributed by atoms with Crippen molar-refractivity contribution in [2.24, 2.45) is 5.41 Å². The lowest BCUT2D eigenvalue weighted by Crippen LogP contribution is -2.47. The van der Waals surface area contributed by atoms with E-state index in [1.165, 1.54) is 0 Å². The molecule has 0 atom stereocenters. The summed E-state index contributed by atoms with van der Waals surface area (Å²) in [6, 6.07) is 6.55. The van der Waals surface area contributed by atoms with Gasteiger partial charge < -0.3 is 10.1 Å². The molecule has 0 saturated heterocycles. The van der Waals surface area contributed by atoms with Crippen molar-refractivity contribution >= 4 is 22.7 Å². The average molecular weight is 303 g/mol. The van der Waals surface area contributed by atoms with E-state index in [1.807, 2.05) is 0 Å². The first-order chi connectivity index (χ1) is 10.2. The van der Waals surface area contributed by atoms with Crippen molar-refractivity contribution in [2.75, 3.05) is 0 Å². The Labute approximate surface area is 126 Å². The predicted octanol–water partition coefficient (Wildman–Crippen LogP) is 1.04. The molecule has 1 aromatic carbocycles. The Kier molecular flexibility index (Phi) is 3.90. The quantitative estimate of drug-likeness (QED) is 0.590. The maximum atomic E-state index is 12.1. The fraction of sp³-hybridized carbons (Fsp3) is 0.267. The standard InChI is InChI=1S/C15H17N3O4/c1-15(2,3)14(22)18-17-13(21)10-11(19)8-6-4-5-7-9(8)16-12(10)20/h4-7H,1-3H3,(H,17,21)(H,18,22)(H2,16,19,20). The van der Waals surface area contributed by atoms with Crippen molar-refractivity contribution < 1.29 is 14.7 Å². The van der Waals surface area contributed by atoms with Crippen LogP contribution in [0.4, 0.5) is 0 Å². The van der Waals surface area contributed by atoms with Gasteiger partial charge in [-0.2, -0.15) is 0 Å². The Morgan fingerprint density at radius 3 is 2.41 bits per heavy atom. The molecule has 4 N–H and O–H groups in total. The van der Waals surface area contributed by atoms with Crippen molar-refractivity contribution in [3.05, 3.63) is 40.2 Å². The number of pyridine rings is 1. The highest BCUT2D eigenvalue weighted by molar-refractivity contribution is 6.02. The van der Waals surface area contributed by atoms with Crippen LogP contribution in [0.2, 0.25) is 0 Å². The summed E-state index contributed by atoms with van der Waals surface area (Å²) in [6.07, 6.45) is 0. The average Bonchev–Trinajstić information content (AvgIpc) is 2.43. The molecule has 0 saturated carbocycles. The lowest BCUT2D eigenvalue weighted by molar-refractivity contribution is -0.129. The molecule has 7 heteroatoms. The highest BCUT2D eigenvalue weighted by Gasteiger charge is 2.23. The number of para-hydroxylation sites is 1. The molecular formula is C15H17N3O4. The maximum absolute atomic E-state index is 12.1. The zero-order valence-corrected chi connectivity index (χ0v) is 12.5. The smallest absolute Gasteiger partial charge is 0.279 e. The number of carbonyl (C=O) groups excluding carboxylic acids is 2. The van der Waals surface area contributed by atoms with E-state index in [1.54, 1.807) is 45.0 Å². The largest absolute Gasteiger partial charge is 0.506 e. The van der Waals surface area contributed by atoms with Gasteiger partial charge in [-0.3, -0.25) is 25.2 Å². The van der Waals surface area contributed by atoms with E-state index in [0.717, 1.165) is 0 Å². The van der Waals surface area contributed by atoms with E-state index in [0.29, 0.717) is 10.9 Å². The number of fused-ring (bicyclic) bond motifs is 1. The summed E-state index contributed by atoms with van der Waals surface area (Å²) in [5.41, 5.74) is 2.88. The first-order valence-corrected chi connectivity index (χ1v) is 6.66. The van der Waals surface area contributed by atoms with Crippen molar-refractivity contribution in [2.45, 2.75) is 20.8 Å². The van der Waals surface area contributed by atoms with E-state index in [4.69, 9.17) is 0 Å². The normalized spacial score (nSPS) is 11.2. The molecule has 2 aromatic rings. The summed E-state index contributed by atoms with van der Waals surface area (Å²) >= 11 is 0. The third-order valence-electron chi connectivity index (χ3n) is 3.09. The summed E-state index contributed by atoms with van der Waals surface area (Å²) < 4.78 is 0. The Morgan fingerprint density at radius 2 is 1.77 bits per heavy atom. The van der Waals surface area contributed by atoms with Gasteiger partial charge >= 0.3 is 0 Å². The van der Waals surface area contributed by atoms with Crippen molar-refractivity contribution in [3.63, 3.8) is 0 Å². The number of aromatic hydroxyl groups is 1. The fourth-order valence-electron chi connectivity index (χ4n) is 1.80. The highest BCUT2D eigenvalue weighted by Crippen LogP contribution is 2.24. The highest BCUT2D eigenvalue weighted by atomic mass is 16.3. The van der Waals surface area contributed by atoms with Crippen LogP contribution in [0.15, 0.2) is 29.1 Å². The van der Waals surface area contributed by atoms with Crippen LogP contribution in [0.3, 0.4) is 0 Å². The van der Waals surface area contributed by atoms with Gasteiger partial charge in [0.05, 0.1) is 5.52 Å². The molecular weight excluding hydrogens is 286 g/mol. The summed E-state index contributed by atoms with van der Waals surface area (Å²) in [7, 11) is 0. The molecule has 7 nitrogen and oxygen atoms in total. The van der Waals surface area contributed by atoms with Crippen LogP contribution >= 0.6 is 0 Å². The van der Waals surface area contributed by atoms with Gasteiger partial charge in [-0.15, -0.1) is 0 Å². The van der Waals surface area contributed by atoms with Crippen LogP contribution in [-0.4, -0.2) is 21.9 Å². The number of aromatic amines is 1. The van der Waals surface area contributed by atoms with Crippen molar-refractivity contribution in [3.8, 4) is 5.75 Å². The number of hydrazine groups is 1. The molecule has 116 valence electrons. The number of hydrogen-bond donors (Lipinski definition) is 4. The van der Waals surface area contributed by atoms with Gasteiger partial charge in [0.1, 0.15) is 11.3 Å². The number of hydrogen-bond acceptors (Lipinski definition) is 4. The Morgan fingerprint density at radius 1 is 1.14 bits per heavy atom. The molecule has 2 amide bonds. The summed E-state index contributed by atoms with van der Waals surface area (Å²) in [5.74, 6) is -1.73.